The molecular formula is C25H21NO5. The van der Waals surface area contributed by atoms with Gasteiger partial charge in [-0.15, -0.1) is 0 Å². The molecule has 1 aliphatic rings. The molecule has 0 unspecified atom stereocenters. The van der Waals surface area contributed by atoms with Crippen molar-refractivity contribution in [3.63, 3.8) is 0 Å². The summed E-state index contributed by atoms with van der Waals surface area (Å²) in [7, 11) is 1.55. The van der Waals surface area contributed by atoms with Crippen molar-refractivity contribution < 1.29 is 23.9 Å². The largest absolute Gasteiger partial charge is 0.497 e. The van der Waals surface area contributed by atoms with Gasteiger partial charge in [-0.25, -0.2) is 4.79 Å². The molecule has 31 heavy (non-hydrogen) atoms. The van der Waals surface area contributed by atoms with Crippen molar-refractivity contribution in [2.45, 2.75) is 12.5 Å². The molecule has 0 spiro atoms. The topological polar surface area (TPSA) is 81.7 Å². The van der Waals surface area contributed by atoms with Crippen molar-refractivity contribution in [2.75, 3.05) is 19.0 Å². The zero-order chi connectivity index (χ0) is 22.0. The standard InChI is InChI=1S/C25H21NO5/c1-3-31-24(29)16-8-12-18(13-9-16)26-25(17-10-14-19(30-2)15-11-17)22(27)20-6-4-5-7-21(20)23(25)28/h4-15,26H,3H2,1-2H3. The van der Waals surface area contributed by atoms with Gasteiger partial charge in [0.05, 0.1) is 19.3 Å². The third-order valence-corrected chi connectivity index (χ3v) is 5.35. The van der Waals surface area contributed by atoms with Crippen LogP contribution >= 0.6 is 0 Å². The zero-order valence-corrected chi connectivity index (χ0v) is 17.2. The molecule has 3 aromatic carbocycles. The van der Waals surface area contributed by atoms with E-state index in [-0.39, 0.29) is 18.2 Å². The van der Waals surface area contributed by atoms with E-state index in [0.29, 0.717) is 33.7 Å². The van der Waals surface area contributed by atoms with Crippen LogP contribution in [-0.4, -0.2) is 31.3 Å². The number of methoxy groups -OCH3 is 1. The number of nitrogens with one attached hydrogen (secondary N) is 1. The summed E-state index contributed by atoms with van der Waals surface area (Å²) < 4.78 is 10.2. The highest BCUT2D eigenvalue weighted by molar-refractivity contribution is 6.34. The number of rotatable bonds is 6. The van der Waals surface area contributed by atoms with Crippen LogP contribution in [0.15, 0.2) is 72.8 Å². The number of Topliss-reactive ketones (excluding diaryl/α,β-unsaturated/α-hetero) is 2. The minimum absolute atomic E-state index is 0.278. The molecule has 0 heterocycles. The zero-order valence-electron chi connectivity index (χ0n) is 17.2. The maximum Gasteiger partial charge on any atom is 0.338 e. The second-order valence-corrected chi connectivity index (χ2v) is 7.11. The predicted molar refractivity (Wildman–Crippen MR) is 116 cm³/mol. The summed E-state index contributed by atoms with van der Waals surface area (Å²) in [6.45, 7) is 2.02. The van der Waals surface area contributed by atoms with Gasteiger partial charge in [0, 0.05) is 16.8 Å². The Morgan fingerprint density at radius 2 is 1.45 bits per heavy atom. The first-order valence-corrected chi connectivity index (χ1v) is 9.89. The Bertz CT molecular complexity index is 1110. The van der Waals surface area contributed by atoms with Gasteiger partial charge in [0.2, 0.25) is 11.6 Å². The van der Waals surface area contributed by atoms with Crippen LogP contribution in [0.1, 0.15) is 43.6 Å². The van der Waals surface area contributed by atoms with E-state index in [1.54, 1.807) is 86.8 Å². The summed E-state index contributed by atoms with van der Waals surface area (Å²) in [5.74, 6) is -0.465. The Balaban J connectivity index is 1.78. The number of carbonyl (C=O) groups is 3. The number of ether oxygens (including phenoxy) is 2. The van der Waals surface area contributed by atoms with Crippen LogP contribution in [0.3, 0.4) is 0 Å². The molecule has 1 aliphatic carbocycles. The van der Waals surface area contributed by atoms with Gasteiger partial charge in [0.1, 0.15) is 5.75 Å². The lowest BCUT2D eigenvalue weighted by Gasteiger charge is -2.29. The van der Waals surface area contributed by atoms with Crippen LogP contribution in [-0.2, 0) is 10.3 Å². The summed E-state index contributed by atoms with van der Waals surface area (Å²) in [4.78, 5) is 39.1. The average molecular weight is 415 g/mol. The first-order chi connectivity index (χ1) is 15.0. The van der Waals surface area contributed by atoms with E-state index in [0.717, 1.165) is 0 Å². The fourth-order valence-corrected chi connectivity index (χ4v) is 3.80. The normalized spacial score (nSPS) is 14.1. The van der Waals surface area contributed by atoms with E-state index < -0.39 is 11.5 Å². The van der Waals surface area contributed by atoms with Gasteiger partial charge in [-0.05, 0) is 48.9 Å². The summed E-state index contributed by atoms with van der Waals surface area (Å²) in [6.07, 6.45) is 0. The van der Waals surface area contributed by atoms with E-state index in [2.05, 4.69) is 5.32 Å². The van der Waals surface area contributed by atoms with Crippen LogP contribution in [0.25, 0.3) is 0 Å². The summed E-state index contributed by atoms with van der Waals surface area (Å²) >= 11 is 0. The van der Waals surface area contributed by atoms with Crippen molar-refractivity contribution in [1.82, 2.24) is 0 Å². The monoisotopic (exact) mass is 415 g/mol. The average Bonchev–Trinajstić information content (AvgIpc) is 3.02. The molecule has 0 saturated carbocycles. The second-order valence-electron chi connectivity index (χ2n) is 7.11. The van der Waals surface area contributed by atoms with Crippen LogP contribution in [0.2, 0.25) is 0 Å². The minimum atomic E-state index is -1.61. The van der Waals surface area contributed by atoms with Crippen molar-refractivity contribution in [2.24, 2.45) is 0 Å². The van der Waals surface area contributed by atoms with Crippen LogP contribution < -0.4 is 10.1 Å². The molecule has 1 N–H and O–H groups in total. The summed E-state index contributed by atoms with van der Waals surface area (Å²) in [5, 5.41) is 3.16. The maximum atomic E-state index is 13.6. The van der Waals surface area contributed by atoms with E-state index >= 15 is 0 Å². The SMILES string of the molecule is CCOC(=O)c1ccc(NC2(c3ccc(OC)cc3)C(=O)c3ccccc3C2=O)cc1. The Morgan fingerprint density at radius 1 is 0.871 bits per heavy atom. The maximum absolute atomic E-state index is 13.6. The van der Waals surface area contributed by atoms with Crippen LogP contribution in [0.4, 0.5) is 5.69 Å². The molecular weight excluding hydrogens is 394 g/mol. The highest BCUT2D eigenvalue weighted by Gasteiger charge is 2.54. The van der Waals surface area contributed by atoms with Crippen LogP contribution in [0, 0.1) is 0 Å². The first kappa shape index (κ1) is 20.3. The lowest BCUT2D eigenvalue weighted by Crippen LogP contribution is -2.46. The first-order valence-electron chi connectivity index (χ1n) is 9.89. The van der Waals surface area contributed by atoms with Crippen molar-refractivity contribution >= 4 is 23.2 Å². The van der Waals surface area contributed by atoms with Gasteiger partial charge in [-0.1, -0.05) is 36.4 Å². The minimum Gasteiger partial charge on any atom is -0.497 e. The predicted octanol–water partition coefficient (Wildman–Crippen LogP) is 4.26. The third-order valence-electron chi connectivity index (χ3n) is 5.35. The molecule has 0 amide bonds. The molecule has 4 rings (SSSR count). The molecule has 0 atom stereocenters. The molecule has 0 aliphatic heterocycles. The van der Waals surface area contributed by atoms with Crippen molar-refractivity contribution in [3.8, 4) is 5.75 Å². The highest BCUT2D eigenvalue weighted by Crippen LogP contribution is 2.41. The Hall–Kier alpha value is -3.93. The third kappa shape index (κ3) is 3.36. The summed E-state index contributed by atoms with van der Waals surface area (Å²) in [5.41, 5.74) is 0.560. The Kier molecular flexibility index (Phi) is 5.29. The number of anilines is 1. The van der Waals surface area contributed by atoms with Gasteiger partial charge < -0.3 is 14.8 Å². The van der Waals surface area contributed by atoms with Crippen LogP contribution in [0.5, 0.6) is 5.75 Å². The fraction of sp³-hybridized carbons (Fsp3) is 0.160. The molecule has 0 saturated heterocycles. The number of hydrogen-bond acceptors (Lipinski definition) is 6. The quantitative estimate of drug-likeness (QED) is 0.479. The Labute approximate surface area is 179 Å². The highest BCUT2D eigenvalue weighted by atomic mass is 16.5. The number of ketones is 2. The molecule has 0 fully saturated rings. The van der Waals surface area contributed by atoms with Gasteiger partial charge in [-0.2, -0.15) is 0 Å². The molecule has 6 heteroatoms. The molecule has 6 nitrogen and oxygen atoms in total. The lowest BCUT2D eigenvalue weighted by atomic mass is 9.84. The van der Waals surface area contributed by atoms with Gasteiger partial charge in [0.25, 0.3) is 0 Å². The second kappa shape index (κ2) is 8.07. The Morgan fingerprint density at radius 3 is 1.97 bits per heavy atom. The van der Waals surface area contributed by atoms with E-state index in [9.17, 15) is 14.4 Å². The number of esters is 1. The van der Waals surface area contributed by atoms with Gasteiger partial charge >= 0.3 is 5.97 Å². The van der Waals surface area contributed by atoms with Gasteiger partial charge in [-0.3, -0.25) is 9.59 Å². The van der Waals surface area contributed by atoms with Gasteiger partial charge in [0.15, 0.2) is 5.54 Å². The number of carbonyl (C=O) groups excluding carboxylic acids is 3. The van der Waals surface area contributed by atoms with E-state index in [1.807, 2.05) is 0 Å². The number of hydrogen-bond donors (Lipinski definition) is 1. The molecule has 0 aromatic heterocycles. The number of benzene rings is 3. The fourth-order valence-electron chi connectivity index (χ4n) is 3.80. The number of fused-ring (bicyclic) bond motifs is 1. The van der Waals surface area contributed by atoms with Crippen molar-refractivity contribution in [1.29, 1.82) is 0 Å². The van der Waals surface area contributed by atoms with E-state index in [4.69, 9.17) is 9.47 Å². The molecule has 0 bridgehead atoms. The molecule has 0 radical (unpaired) electrons. The lowest BCUT2D eigenvalue weighted by molar-refractivity contribution is 0.0526. The molecule has 156 valence electrons. The smallest absolute Gasteiger partial charge is 0.338 e. The summed E-state index contributed by atoms with van der Waals surface area (Å²) in [6, 6.07) is 20.1. The van der Waals surface area contributed by atoms with E-state index in [1.165, 1.54) is 0 Å². The van der Waals surface area contributed by atoms with Crippen molar-refractivity contribution in [3.05, 3.63) is 95.1 Å². The molecule has 3 aromatic rings.